The second-order valence-electron chi connectivity index (χ2n) is 7.38. The van der Waals surface area contributed by atoms with Gasteiger partial charge in [0.05, 0.1) is 12.0 Å². The van der Waals surface area contributed by atoms with Crippen LogP contribution in [-0.4, -0.2) is 39.6 Å². The lowest BCUT2D eigenvalue weighted by Gasteiger charge is -2.38. The number of rotatable bonds is 3. The number of likely N-dealkylation sites (tertiary alicyclic amines) is 1. The molecule has 7 nitrogen and oxygen atoms in total. The minimum absolute atomic E-state index is 0.0231. The van der Waals surface area contributed by atoms with Gasteiger partial charge in [0.2, 0.25) is 5.91 Å². The number of carbonyl (C=O) groups excluding carboxylic acids is 2. The predicted molar refractivity (Wildman–Crippen MR) is 102 cm³/mol. The van der Waals surface area contributed by atoms with Gasteiger partial charge in [0.1, 0.15) is 5.76 Å². The largest absolute Gasteiger partial charge is 0.454 e. The fraction of sp³-hybridized carbons (Fsp3) is 0.286. The molecule has 2 aromatic heterocycles. The Kier molecular flexibility index (Phi) is 3.82. The van der Waals surface area contributed by atoms with Gasteiger partial charge in [0, 0.05) is 31.2 Å². The van der Waals surface area contributed by atoms with Crippen LogP contribution in [-0.2, 0) is 16.8 Å². The summed E-state index contributed by atoms with van der Waals surface area (Å²) >= 11 is 0. The zero-order valence-electron chi connectivity index (χ0n) is 15.3. The Balaban J connectivity index is 1.38. The van der Waals surface area contributed by atoms with Crippen LogP contribution in [0.5, 0.6) is 0 Å². The number of amides is 2. The number of hydrogen-bond donors (Lipinski definition) is 1. The molecule has 0 unspecified atom stereocenters. The summed E-state index contributed by atoms with van der Waals surface area (Å²) in [5.41, 5.74) is 1.16. The van der Waals surface area contributed by atoms with Gasteiger partial charge in [-0.15, -0.1) is 0 Å². The second kappa shape index (κ2) is 6.37. The molecule has 28 heavy (non-hydrogen) atoms. The molecule has 1 spiro atoms. The van der Waals surface area contributed by atoms with Crippen molar-refractivity contribution in [2.45, 2.75) is 24.8 Å². The molecule has 7 heteroatoms. The van der Waals surface area contributed by atoms with Gasteiger partial charge < -0.3 is 14.6 Å². The third-order valence-electron chi connectivity index (χ3n) is 5.65. The number of nitrogens with one attached hydrogen (secondary N) is 1. The van der Waals surface area contributed by atoms with Crippen molar-refractivity contribution >= 4 is 17.5 Å². The Hall–Kier alpha value is -3.35. The van der Waals surface area contributed by atoms with Gasteiger partial charge in [-0.1, -0.05) is 18.2 Å². The van der Waals surface area contributed by atoms with Crippen molar-refractivity contribution in [3.8, 4) is 0 Å². The number of aromatic nitrogens is 2. The van der Waals surface area contributed by atoms with Crippen molar-refractivity contribution in [1.82, 2.24) is 14.7 Å². The summed E-state index contributed by atoms with van der Waals surface area (Å²) in [7, 11) is 0. The number of anilines is 1. The zero-order valence-corrected chi connectivity index (χ0v) is 15.3. The van der Waals surface area contributed by atoms with Crippen molar-refractivity contribution in [1.29, 1.82) is 0 Å². The molecule has 2 aliphatic rings. The molecule has 142 valence electrons. The van der Waals surface area contributed by atoms with E-state index >= 15 is 0 Å². The lowest BCUT2D eigenvalue weighted by molar-refractivity contribution is -0.122. The maximum atomic E-state index is 13.1. The molecule has 1 saturated heterocycles. The Morgan fingerprint density at radius 3 is 2.96 bits per heavy atom. The fourth-order valence-electron chi connectivity index (χ4n) is 4.30. The molecule has 5 rings (SSSR count). The van der Waals surface area contributed by atoms with Gasteiger partial charge in [0.15, 0.2) is 5.76 Å². The highest BCUT2D eigenvalue weighted by atomic mass is 16.4. The molecule has 1 aromatic carbocycles. The van der Waals surface area contributed by atoms with Crippen LogP contribution in [0.25, 0.3) is 0 Å². The van der Waals surface area contributed by atoms with E-state index in [1.54, 1.807) is 27.9 Å². The van der Waals surface area contributed by atoms with Gasteiger partial charge in [-0.25, -0.2) is 0 Å². The van der Waals surface area contributed by atoms with Crippen molar-refractivity contribution < 1.29 is 14.0 Å². The second-order valence-corrected chi connectivity index (χ2v) is 7.38. The first-order chi connectivity index (χ1) is 13.7. The molecule has 1 fully saturated rings. The van der Waals surface area contributed by atoms with E-state index in [4.69, 9.17) is 4.42 Å². The number of nitrogens with zero attached hydrogens (tertiary/aromatic N) is 3. The summed E-state index contributed by atoms with van der Waals surface area (Å²) in [4.78, 5) is 27.6. The van der Waals surface area contributed by atoms with E-state index in [9.17, 15) is 9.59 Å². The third-order valence-corrected chi connectivity index (χ3v) is 5.65. The van der Waals surface area contributed by atoms with E-state index in [1.165, 1.54) is 0 Å². The van der Waals surface area contributed by atoms with Crippen LogP contribution in [0.4, 0.5) is 5.69 Å². The van der Waals surface area contributed by atoms with E-state index in [0.29, 0.717) is 31.2 Å². The van der Waals surface area contributed by atoms with Crippen LogP contribution < -0.4 is 5.32 Å². The Morgan fingerprint density at radius 2 is 2.11 bits per heavy atom. The molecule has 0 saturated carbocycles. The van der Waals surface area contributed by atoms with Gasteiger partial charge in [0.25, 0.3) is 5.91 Å². The third kappa shape index (κ3) is 2.62. The van der Waals surface area contributed by atoms with Crippen LogP contribution in [0, 0.1) is 0 Å². The summed E-state index contributed by atoms with van der Waals surface area (Å²) < 4.78 is 7.51. The number of para-hydroxylation sites is 1. The molecule has 1 atom stereocenters. The lowest BCUT2D eigenvalue weighted by Crippen LogP contribution is -2.51. The highest BCUT2D eigenvalue weighted by Crippen LogP contribution is 2.43. The number of carbonyl (C=O) groups is 2. The topological polar surface area (TPSA) is 80.4 Å². The standard InChI is InChI=1S/C21H20N4O3/c26-19(18-8-7-15(28-18)13-25-12-4-10-22-25)24-11-3-9-21(14-24)16-5-1-2-6-17(16)23-20(21)27/h1-2,4-8,10,12H,3,9,11,13-14H2,(H,23,27)/t21-/m0/s1. The Morgan fingerprint density at radius 1 is 1.21 bits per heavy atom. The average Bonchev–Trinajstić information content (AvgIpc) is 3.44. The molecule has 2 amide bonds. The Bertz CT molecular complexity index is 1040. The highest BCUT2D eigenvalue weighted by molar-refractivity contribution is 6.07. The predicted octanol–water partition coefficient (Wildman–Crippen LogP) is 2.65. The van der Waals surface area contributed by atoms with E-state index in [0.717, 1.165) is 24.1 Å². The van der Waals surface area contributed by atoms with Crippen LogP contribution in [0.1, 0.15) is 34.7 Å². The fourth-order valence-corrected chi connectivity index (χ4v) is 4.30. The number of furan rings is 1. The summed E-state index contributed by atoms with van der Waals surface area (Å²) in [5, 5.41) is 7.13. The lowest BCUT2D eigenvalue weighted by atomic mass is 9.75. The molecule has 0 radical (unpaired) electrons. The average molecular weight is 376 g/mol. The number of hydrogen-bond acceptors (Lipinski definition) is 4. The molecule has 0 bridgehead atoms. The number of fused-ring (bicyclic) bond motifs is 2. The van der Waals surface area contributed by atoms with Gasteiger partial charge >= 0.3 is 0 Å². The molecule has 1 N–H and O–H groups in total. The van der Waals surface area contributed by atoms with E-state index < -0.39 is 5.41 Å². The van der Waals surface area contributed by atoms with Crippen molar-refractivity contribution in [3.05, 3.63) is 71.9 Å². The summed E-state index contributed by atoms with van der Waals surface area (Å²) in [6, 6.07) is 13.1. The van der Waals surface area contributed by atoms with Crippen molar-refractivity contribution in [3.63, 3.8) is 0 Å². The van der Waals surface area contributed by atoms with Crippen LogP contribution in [0.15, 0.2) is 59.3 Å². The maximum absolute atomic E-state index is 13.1. The Labute approximate surface area is 161 Å². The van der Waals surface area contributed by atoms with E-state index in [2.05, 4.69) is 10.4 Å². The maximum Gasteiger partial charge on any atom is 0.289 e. The molecular formula is C21H20N4O3. The molecule has 2 aliphatic heterocycles. The minimum atomic E-state index is -0.672. The summed E-state index contributed by atoms with van der Waals surface area (Å²) in [6.45, 7) is 1.45. The first-order valence-electron chi connectivity index (χ1n) is 9.42. The smallest absolute Gasteiger partial charge is 0.289 e. The van der Waals surface area contributed by atoms with Gasteiger partial charge in [-0.05, 0) is 42.7 Å². The highest BCUT2D eigenvalue weighted by Gasteiger charge is 2.50. The number of benzene rings is 1. The van der Waals surface area contributed by atoms with Crippen LogP contribution in [0.3, 0.4) is 0 Å². The first kappa shape index (κ1) is 16.8. The van der Waals surface area contributed by atoms with E-state index in [-0.39, 0.29) is 11.8 Å². The van der Waals surface area contributed by atoms with Gasteiger partial charge in [-0.3, -0.25) is 14.3 Å². The number of piperidine rings is 1. The van der Waals surface area contributed by atoms with Gasteiger partial charge in [-0.2, -0.15) is 5.10 Å². The first-order valence-corrected chi connectivity index (χ1v) is 9.42. The monoisotopic (exact) mass is 376 g/mol. The van der Waals surface area contributed by atoms with Crippen molar-refractivity contribution in [2.75, 3.05) is 18.4 Å². The zero-order chi connectivity index (χ0) is 19.1. The quantitative estimate of drug-likeness (QED) is 0.762. The molecular weight excluding hydrogens is 356 g/mol. The van der Waals surface area contributed by atoms with Crippen LogP contribution >= 0.6 is 0 Å². The van der Waals surface area contributed by atoms with E-state index in [1.807, 2.05) is 36.5 Å². The summed E-state index contributed by atoms with van der Waals surface area (Å²) in [5.74, 6) is 0.765. The SMILES string of the molecule is O=C(c1ccc(Cn2cccn2)o1)N1CCC[C@@]2(C1)C(=O)Nc1ccccc12. The molecule has 3 aromatic rings. The summed E-state index contributed by atoms with van der Waals surface area (Å²) in [6.07, 6.45) is 5.05. The van der Waals surface area contributed by atoms with Crippen LogP contribution in [0.2, 0.25) is 0 Å². The minimum Gasteiger partial charge on any atom is -0.454 e. The normalized spacial score (nSPS) is 21.0. The van der Waals surface area contributed by atoms with Crippen molar-refractivity contribution in [2.24, 2.45) is 0 Å². The molecule has 4 heterocycles. The molecule has 0 aliphatic carbocycles.